The zero-order chi connectivity index (χ0) is 17.5. The fourth-order valence-corrected chi connectivity index (χ4v) is 2.63. The highest BCUT2D eigenvalue weighted by Gasteiger charge is 2.03. The van der Waals surface area contributed by atoms with Gasteiger partial charge in [0.25, 0.3) is 0 Å². The Morgan fingerprint density at radius 3 is 2.52 bits per heavy atom. The van der Waals surface area contributed by atoms with Crippen molar-refractivity contribution < 1.29 is 4.39 Å². The number of nitrogens with zero attached hydrogens (tertiary/aromatic N) is 2. The van der Waals surface area contributed by atoms with Crippen molar-refractivity contribution in [2.45, 2.75) is 13.0 Å². The van der Waals surface area contributed by atoms with E-state index in [1.807, 2.05) is 30.5 Å². The van der Waals surface area contributed by atoms with Gasteiger partial charge in [-0.15, -0.1) is 0 Å². The summed E-state index contributed by atoms with van der Waals surface area (Å²) < 4.78 is 14.7. The van der Waals surface area contributed by atoms with Crippen LogP contribution in [0.3, 0.4) is 0 Å². The summed E-state index contributed by atoms with van der Waals surface area (Å²) in [4.78, 5) is 0. The van der Waals surface area contributed by atoms with Crippen molar-refractivity contribution in [3.63, 3.8) is 0 Å². The third kappa shape index (κ3) is 5.39. The smallest absolute Gasteiger partial charge is 0.172 e. The molecule has 0 saturated carbocycles. The Morgan fingerprint density at radius 2 is 1.76 bits per heavy atom. The minimum Gasteiger partial charge on any atom is -0.362 e. The zero-order valence-corrected chi connectivity index (χ0v) is 14.5. The molecule has 2 N–H and O–H groups in total. The first-order valence-electron chi connectivity index (χ1n) is 8.06. The van der Waals surface area contributed by atoms with Gasteiger partial charge in [0.1, 0.15) is 5.82 Å². The lowest BCUT2D eigenvalue weighted by molar-refractivity contribution is 0.624. The highest BCUT2D eigenvalue weighted by molar-refractivity contribution is 7.80. The van der Waals surface area contributed by atoms with Gasteiger partial charge in [-0.3, -0.25) is 4.68 Å². The highest BCUT2D eigenvalue weighted by Crippen LogP contribution is 2.08. The number of aromatic nitrogens is 2. The number of benzene rings is 2. The molecule has 0 aliphatic rings. The van der Waals surface area contributed by atoms with Crippen LogP contribution in [-0.4, -0.2) is 21.4 Å². The lowest BCUT2D eigenvalue weighted by Crippen LogP contribution is -2.30. The van der Waals surface area contributed by atoms with Gasteiger partial charge in [-0.2, -0.15) is 5.10 Å². The predicted octanol–water partition coefficient (Wildman–Crippen LogP) is 3.60. The summed E-state index contributed by atoms with van der Waals surface area (Å²) in [5, 5.41) is 11.2. The molecule has 0 unspecified atom stereocenters. The van der Waals surface area contributed by atoms with Crippen molar-refractivity contribution in [1.82, 2.24) is 15.1 Å². The Kier molecular flexibility index (Phi) is 5.74. The summed E-state index contributed by atoms with van der Waals surface area (Å²) in [6.07, 6.45) is 2.76. The molecule has 1 heterocycles. The van der Waals surface area contributed by atoms with Crippen LogP contribution in [0, 0.1) is 5.82 Å². The maximum atomic E-state index is 12.9. The number of hydrogen-bond donors (Lipinski definition) is 2. The molecule has 0 fully saturated rings. The number of hydrogen-bond acceptors (Lipinski definition) is 2. The van der Waals surface area contributed by atoms with E-state index in [9.17, 15) is 4.39 Å². The van der Waals surface area contributed by atoms with E-state index in [2.05, 4.69) is 27.9 Å². The van der Waals surface area contributed by atoms with E-state index >= 15 is 0 Å². The molecular weight excluding hydrogens is 335 g/mol. The molecule has 0 aliphatic carbocycles. The predicted molar refractivity (Wildman–Crippen MR) is 102 cm³/mol. The summed E-state index contributed by atoms with van der Waals surface area (Å²) in [6.45, 7) is 1.34. The molecule has 3 rings (SSSR count). The third-order valence-electron chi connectivity index (χ3n) is 3.68. The number of nitrogens with one attached hydrogen (secondary N) is 2. The third-order valence-corrected chi connectivity index (χ3v) is 3.93. The van der Waals surface area contributed by atoms with Crippen LogP contribution in [0.15, 0.2) is 66.9 Å². The fraction of sp³-hybridized carbons (Fsp3) is 0.158. The standard InChI is InChI=1S/C19H19FN4S/c20-17-8-6-16(7-9-17)14-24-13-11-18(23-24)22-19(25)21-12-10-15-4-2-1-3-5-15/h1-9,11,13H,10,12,14H2,(H2,21,22,23,25). The van der Waals surface area contributed by atoms with Crippen molar-refractivity contribution in [2.24, 2.45) is 0 Å². The number of anilines is 1. The largest absolute Gasteiger partial charge is 0.362 e. The molecule has 0 spiro atoms. The molecule has 4 nitrogen and oxygen atoms in total. The molecule has 128 valence electrons. The average molecular weight is 354 g/mol. The Labute approximate surface area is 151 Å². The average Bonchev–Trinajstić information content (AvgIpc) is 3.05. The molecule has 0 radical (unpaired) electrons. The van der Waals surface area contributed by atoms with Gasteiger partial charge in [-0.1, -0.05) is 42.5 Å². The summed E-state index contributed by atoms with van der Waals surface area (Å²) in [6, 6.07) is 18.5. The Balaban J connectivity index is 1.45. The minimum absolute atomic E-state index is 0.238. The van der Waals surface area contributed by atoms with E-state index in [-0.39, 0.29) is 5.82 Å². The first kappa shape index (κ1) is 17.1. The Hall–Kier alpha value is -2.73. The van der Waals surface area contributed by atoms with Crippen LogP contribution in [0.2, 0.25) is 0 Å². The van der Waals surface area contributed by atoms with E-state index in [1.165, 1.54) is 17.7 Å². The fourth-order valence-electron chi connectivity index (χ4n) is 2.42. The second kappa shape index (κ2) is 8.39. The van der Waals surface area contributed by atoms with Crippen LogP contribution >= 0.6 is 12.2 Å². The summed E-state index contributed by atoms with van der Waals surface area (Å²) in [5.41, 5.74) is 2.25. The van der Waals surface area contributed by atoms with Crippen LogP contribution in [0.25, 0.3) is 0 Å². The van der Waals surface area contributed by atoms with E-state index in [0.717, 1.165) is 18.5 Å². The molecule has 2 aromatic carbocycles. The van der Waals surface area contributed by atoms with Crippen LogP contribution in [0.5, 0.6) is 0 Å². The molecule has 0 amide bonds. The van der Waals surface area contributed by atoms with Gasteiger partial charge in [-0.25, -0.2) is 4.39 Å². The topological polar surface area (TPSA) is 41.9 Å². The first-order chi connectivity index (χ1) is 12.2. The van der Waals surface area contributed by atoms with Crippen LogP contribution in [0.4, 0.5) is 10.2 Å². The molecular formula is C19H19FN4S. The summed E-state index contributed by atoms with van der Waals surface area (Å²) in [5.74, 6) is 0.442. The Bertz CT molecular complexity index is 815. The molecule has 0 saturated heterocycles. The second-order valence-corrected chi connectivity index (χ2v) is 6.05. The lowest BCUT2D eigenvalue weighted by Gasteiger charge is -2.08. The molecule has 0 atom stereocenters. The van der Waals surface area contributed by atoms with Gasteiger partial charge in [-0.05, 0) is 41.9 Å². The van der Waals surface area contributed by atoms with Gasteiger partial charge in [0, 0.05) is 18.8 Å². The van der Waals surface area contributed by atoms with Crippen molar-refractivity contribution in [3.8, 4) is 0 Å². The van der Waals surface area contributed by atoms with Crippen LogP contribution < -0.4 is 10.6 Å². The van der Waals surface area contributed by atoms with Crippen molar-refractivity contribution >= 4 is 23.1 Å². The number of thiocarbonyl (C=S) groups is 1. The van der Waals surface area contributed by atoms with Gasteiger partial charge in [0.15, 0.2) is 10.9 Å². The molecule has 3 aromatic rings. The molecule has 6 heteroatoms. The normalized spacial score (nSPS) is 10.4. The van der Waals surface area contributed by atoms with Crippen molar-refractivity contribution in [1.29, 1.82) is 0 Å². The second-order valence-electron chi connectivity index (χ2n) is 5.64. The maximum Gasteiger partial charge on any atom is 0.172 e. The van der Waals surface area contributed by atoms with E-state index < -0.39 is 0 Å². The highest BCUT2D eigenvalue weighted by atomic mass is 32.1. The van der Waals surface area contributed by atoms with E-state index in [1.54, 1.807) is 16.8 Å². The maximum absolute atomic E-state index is 12.9. The SMILES string of the molecule is Fc1ccc(Cn2ccc(NC(=S)NCCc3ccccc3)n2)cc1. The molecule has 0 bridgehead atoms. The molecule has 25 heavy (non-hydrogen) atoms. The zero-order valence-electron chi connectivity index (χ0n) is 13.7. The lowest BCUT2D eigenvalue weighted by atomic mass is 10.1. The van der Waals surface area contributed by atoms with E-state index in [4.69, 9.17) is 12.2 Å². The first-order valence-corrected chi connectivity index (χ1v) is 8.46. The van der Waals surface area contributed by atoms with Gasteiger partial charge >= 0.3 is 0 Å². The quantitative estimate of drug-likeness (QED) is 0.664. The molecule has 1 aromatic heterocycles. The van der Waals surface area contributed by atoms with Crippen LogP contribution in [-0.2, 0) is 13.0 Å². The van der Waals surface area contributed by atoms with Crippen LogP contribution in [0.1, 0.15) is 11.1 Å². The van der Waals surface area contributed by atoms with Crippen molar-refractivity contribution in [2.75, 3.05) is 11.9 Å². The van der Waals surface area contributed by atoms with E-state index in [0.29, 0.717) is 17.5 Å². The number of halogens is 1. The summed E-state index contributed by atoms with van der Waals surface area (Å²) >= 11 is 5.29. The number of rotatable bonds is 6. The minimum atomic E-state index is -0.238. The van der Waals surface area contributed by atoms with Crippen molar-refractivity contribution in [3.05, 3.63) is 83.8 Å². The Morgan fingerprint density at radius 1 is 1.00 bits per heavy atom. The summed E-state index contributed by atoms with van der Waals surface area (Å²) in [7, 11) is 0. The van der Waals surface area contributed by atoms with Gasteiger partial charge in [0.05, 0.1) is 6.54 Å². The molecule has 0 aliphatic heterocycles. The van der Waals surface area contributed by atoms with Gasteiger partial charge < -0.3 is 10.6 Å². The van der Waals surface area contributed by atoms with Gasteiger partial charge in [0.2, 0.25) is 0 Å². The monoisotopic (exact) mass is 354 g/mol.